The van der Waals surface area contributed by atoms with Crippen molar-refractivity contribution in [3.05, 3.63) is 0 Å². The molecule has 59 heavy (non-hydrogen) atoms. The summed E-state index contributed by atoms with van der Waals surface area (Å²) >= 11 is 0. The van der Waals surface area contributed by atoms with Gasteiger partial charge in [-0.3, -0.25) is 9.59 Å². The van der Waals surface area contributed by atoms with Crippen LogP contribution >= 0.6 is 0 Å². The second-order valence-corrected chi connectivity index (χ2v) is 18.6. The van der Waals surface area contributed by atoms with Crippen LogP contribution in [0, 0.1) is 0 Å². The van der Waals surface area contributed by atoms with E-state index in [9.17, 15) is 19.8 Å². The minimum atomic E-state index is -0.676. The van der Waals surface area contributed by atoms with E-state index in [-0.39, 0.29) is 18.5 Å². The number of aliphatic hydroxyl groups excluding tert-OH is 2. The van der Waals surface area contributed by atoms with E-state index in [2.05, 4.69) is 19.2 Å². The zero-order chi connectivity index (χ0) is 43.0. The number of amides is 1. The maximum atomic E-state index is 12.4. The normalized spacial score (nSPS) is 12.5. The first-order chi connectivity index (χ1) is 29.0. The van der Waals surface area contributed by atoms with Gasteiger partial charge in [0.05, 0.1) is 25.4 Å². The van der Waals surface area contributed by atoms with Gasteiger partial charge >= 0.3 is 5.97 Å². The molecule has 0 aromatic carbocycles. The Labute approximate surface area is 368 Å². The fraction of sp³-hybridized carbons (Fsp3) is 0.962. The van der Waals surface area contributed by atoms with Crippen LogP contribution < -0.4 is 5.32 Å². The van der Waals surface area contributed by atoms with Crippen LogP contribution in [0.3, 0.4) is 0 Å². The molecule has 0 aliphatic carbocycles. The second-order valence-electron chi connectivity index (χ2n) is 18.6. The predicted octanol–water partition coefficient (Wildman–Crippen LogP) is 16.0. The number of nitrogens with one attached hydrogen (secondary N) is 1. The van der Waals surface area contributed by atoms with E-state index in [1.807, 2.05) is 0 Å². The van der Waals surface area contributed by atoms with Crippen molar-refractivity contribution in [3.63, 3.8) is 0 Å². The number of aliphatic hydroxyl groups is 2. The van der Waals surface area contributed by atoms with Gasteiger partial charge in [-0.2, -0.15) is 0 Å². The van der Waals surface area contributed by atoms with Crippen LogP contribution in [-0.4, -0.2) is 47.4 Å². The van der Waals surface area contributed by atoms with Gasteiger partial charge in [0.25, 0.3) is 0 Å². The number of carbonyl (C=O) groups excluding carboxylic acids is 2. The third kappa shape index (κ3) is 46.2. The molecule has 0 aliphatic rings. The summed E-state index contributed by atoms with van der Waals surface area (Å²) in [5.41, 5.74) is 0. The summed E-state index contributed by atoms with van der Waals surface area (Å²) in [6, 6.07) is -0.555. The van der Waals surface area contributed by atoms with Crippen LogP contribution in [0.5, 0.6) is 0 Å². The maximum absolute atomic E-state index is 12.4. The lowest BCUT2D eigenvalue weighted by atomic mass is 10.0. The van der Waals surface area contributed by atoms with Gasteiger partial charge in [0.15, 0.2) is 0 Å². The summed E-state index contributed by atoms with van der Waals surface area (Å²) in [7, 11) is 0. The number of hydrogen-bond acceptors (Lipinski definition) is 5. The van der Waals surface area contributed by atoms with Gasteiger partial charge < -0.3 is 20.3 Å². The highest BCUT2D eigenvalue weighted by atomic mass is 16.5. The van der Waals surface area contributed by atoms with Crippen molar-refractivity contribution in [1.29, 1.82) is 0 Å². The Kier molecular flexibility index (Phi) is 48.6. The SMILES string of the molecule is CCCCCCCCCCCCCCCCCCCCCC(=O)OCCCCCCCCCCCCC(=O)NC(CO)C(O)CCCCCCCCCCCCCCC. The highest BCUT2D eigenvalue weighted by molar-refractivity contribution is 5.76. The lowest BCUT2D eigenvalue weighted by Crippen LogP contribution is -2.45. The van der Waals surface area contributed by atoms with Crippen molar-refractivity contribution in [2.45, 2.75) is 315 Å². The number of esters is 1. The molecule has 0 spiro atoms. The van der Waals surface area contributed by atoms with Crippen molar-refractivity contribution in [2.75, 3.05) is 13.2 Å². The molecule has 2 atom stereocenters. The zero-order valence-corrected chi connectivity index (χ0v) is 40.0. The molecule has 0 fully saturated rings. The number of rotatable bonds is 50. The van der Waals surface area contributed by atoms with E-state index < -0.39 is 12.1 Å². The summed E-state index contributed by atoms with van der Waals surface area (Å²) < 4.78 is 5.47. The number of unbranched alkanes of at least 4 members (excludes halogenated alkanes) is 39. The zero-order valence-electron chi connectivity index (χ0n) is 40.0. The Hall–Kier alpha value is -1.14. The van der Waals surface area contributed by atoms with Crippen molar-refractivity contribution >= 4 is 11.9 Å². The monoisotopic (exact) mass is 836 g/mol. The Bertz CT molecular complexity index is 837. The average molecular weight is 836 g/mol. The van der Waals surface area contributed by atoms with E-state index in [1.165, 1.54) is 212 Å². The molecule has 0 aromatic rings. The van der Waals surface area contributed by atoms with E-state index in [4.69, 9.17) is 4.74 Å². The first kappa shape index (κ1) is 57.9. The third-order valence-corrected chi connectivity index (χ3v) is 12.7. The van der Waals surface area contributed by atoms with Crippen LogP contribution in [0.1, 0.15) is 303 Å². The molecular weight excluding hydrogens is 731 g/mol. The predicted molar refractivity (Wildman–Crippen MR) is 255 cm³/mol. The van der Waals surface area contributed by atoms with Gasteiger partial charge in [-0.25, -0.2) is 0 Å². The highest BCUT2D eigenvalue weighted by Gasteiger charge is 2.20. The summed E-state index contributed by atoms with van der Waals surface area (Å²) in [6.45, 7) is 4.92. The maximum Gasteiger partial charge on any atom is 0.305 e. The van der Waals surface area contributed by atoms with Crippen molar-refractivity contribution in [3.8, 4) is 0 Å². The largest absolute Gasteiger partial charge is 0.466 e. The molecule has 6 nitrogen and oxygen atoms in total. The summed E-state index contributed by atoms with van der Waals surface area (Å²) in [6.07, 6.45) is 55.0. The van der Waals surface area contributed by atoms with Crippen LogP contribution in [0.25, 0.3) is 0 Å². The fourth-order valence-electron chi connectivity index (χ4n) is 8.52. The quantitative estimate of drug-likeness (QED) is 0.0419. The fourth-order valence-corrected chi connectivity index (χ4v) is 8.52. The minimum Gasteiger partial charge on any atom is -0.466 e. The number of carbonyl (C=O) groups is 2. The number of hydrogen-bond donors (Lipinski definition) is 3. The molecule has 352 valence electrons. The molecule has 0 radical (unpaired) electrons. The third-order valence-electron chi connectivity index (χ3n) is 12.7. The van der Waals surface area contributed by atoms with E-state index in [0.717, 1.165) is 57.8 Å². The lowest BCUT2D eigenvalue weighted by Gasteiger charge is -2.22. The highest BCUT2D eigenvalue weighted by Crippen LogP contribution is 2.17. The standard InChI is InChI=1S/C53H105NO5/c1-3-5-7-9-11-13-15-17-18-19-20-21-22-24-26-31-35-39-43-47-53(58)59-48-44-40-36-32-28-27-30-34-38-42-46-52(57)54-50(49-55)51(56)45-41-37-33-29-25-23-16-14-12-10-8-6-4-2/h50-51,55-56H,3-49H2,1-2H3,(H,54,57). The molecule has 3 N–H and O–H groups in total. The van der Waals surface area contributed by atoms with Crippen LogP contribution in [0.2, 0.25) is 0 Å². The number of ether oxygens (including phenoxy) is 1. The van der Waals surface area contributed by atoms with Crippen LogP contribution in [0.4, 0.5) is 0 Å². The lowest BCUT2D eigenvalue weighted by molar-refractivity contribution is -0.143. The molecule has 0 aromatic heterocycles. The summed E-state index contributed by atoms with van der Waals surface area (Å²) in [5.74, 6) is -0.0691. The summed E-state index contributed by atoms with van der Waals surface area (Å²) in [5, 5.41) is 23.2. The molecule has 0 rings (SSSR count). The first-order valence-electron chi connectivity index (χ1n) is 26.8. The molecule has 2 unspecified atom stereocenters. The molecular formula is C53H105NO5. The molecule has 0 heterocycles. The second kappa shape index (κ2) is 49.5. The van der Waals surface area contributed by atoms with Crippen molar-refractivity contribution in [2.24, 2.45) is 0 Å². The Morgan fingerprint density at radius 2 is 0.695 bits per heavy atom. The van der Waals surface area contributed by atoms with Crippen molar-refractivity contribution < 1.29 is 24.5 Å². The molecule has 0 bridgehead atoms. The van der Waals surface area contributed by atoms with E-state index in [0.29, 0.717) is 25.9 Å². The smallest absolute Gasteiger partial charge is 0.305 e. The van der Waals surface area contributed by atoms with Gasteiger partial charge in [-0.1, -0.05) is 264 Å². The van der Waals surface area contributed by atoms with Gasteiger partial charge in [-0.15, -0.1) is 0 Å². The first-order valence-corrected chi connectivity index (χ1v) is 26.8. The Balaban J connectivity index is 3.42. The molecule has 1 amide bonds. The van der Waals surface area contributed by atoms with Gasteiger partial charge in [0.2, 0.25) is 5.91 Å². The minimum absolute atomic E-state index is 0.0134. The summed E-state index contributed by atoms with van der Waals surface area (Å²) in [4.78, 5) is 24.5. The van der Waals surface area contributed by atoms with Gasteiger partial charge in [0.1, 0.15) is 0 Å². The van der Waals surface area contributed by atoms with Crippen LogP contribution in [0.15, 0.2) is 0 Å². The molecule has 0 aliphatic heterocycles. The van der Waals surface area contributed by atoms with Gasteiger partial charge in [0, 0.05) is 12.8 Å². The van der Waals surface area contributed by atoms with Crippen molar-refractivity contribution in [1.82, 2.24) is 5.32 Å². The topological polar surface area (TPSA) is 95.9 Å². The van der Waals surface area contributed by atoms with Crippen LogP contribution in [-0.2, 0) is 14.3 Å². The van der Waals surface area contributed by atoms with E-state index in [1.54, 1.807) is 0 Å². The Morgan fingerprint density at radius 1 is 0.407 bits per heavy atom. The van der Waals surface area contributed by atoms with E-state index >= 15 is 0 Å². The molecule has 6 heteroatoms. The average Bonchev–Trinajstić information content (AvgIpc) is 3.24. The van der Waals surface area contributed by atoms with Gasteiger partial charge in [-0.05, 0) is 25.7 Å². The Morgan fingerprint density at radius 3 is 1.03 bits per heavy atom. The molecule has 0 saturated carbocycles. The molecule has 0 saturated heterocycles.